The molecular formula is C20H26F8O6S. The van der Waals surface area contributed by atoms with Gasteiger partial charge in [0.15, 0.2) is 5.79 Å². The Bertz CT molecular complexity index is 891. The van der Waals surface area contributed by atoms with Gasteiger partial charge < -0.3 is 14.2 Å². The molecule has 4 saturated carbocycles. The van der Waals surface area contributed by atoms with E-state index in [1.807, 2.05) is 0 Å². The van der Waals surface area contributed by atoms with Crippen molar-refractivity contribution in [2.75, 3.05) is 19.8 Å². The summed E-state index contributed by atoms with van der Waals surface area (Å²) in [5, 5.41) is -5.62. The summed E-state index contributed by atoms with van der Waals surface area (Å²) in [7, 11) is -6.30. The second-order valence-corrected chi connectivity index (χ2v) is 11.7. The van der Waals surface area contributed by atoms with Crippen molar-refractivity contribution in [3.8, 4) is 0 Å². The van der Waals surface area contributed by atoms with E-state index in [0.717, 1.165) is 0 Å². The van der Waals surface area contributed by atoms with Crippen LogP contribution in [0.25, 0.3) is 0 Å². The third-order valence-electron chi connectivity index (χ3n) is 7.81. The summed E-state index contributed by atoms with van der Waals surface area (Å²) < 4.78 is 155. The zero-order valence-corrected chi connectivity index (χ0v) is 19.2. The van der Waals surface area contributed by atoms with E-state index in [2.05, 4.69) is 0 Å². The first-order valence-corrected chi connectivity index (χ1v) is 12.7. The average Bonchev–Trinajstić information content (AvgIpc) is 2.80. The van der Waals surface area contributed by atoms with Crippen LogP contribution in [0.4, 0.5) is 35.1 Å². The summed E-state index contributed by atoms with van der Waals surface area (Å²) in [6, 6.07) is 0. The second kappa shape index (κ2) is 8.37. The van der Waals surface area contributed by atoms with Crippen LogP contribution in [-0.4, -0.2) is 67.2 Å². The van der Waals surface area contributed by atoms with Crippen molar-refractivity contribution in [2.45, 2.75) is 85.8 Å². The zero-order chi connectivity index (χ0) is 26.1. The van der Waals surface area contributed by atoms with Gasteiger partial charge in [0.25, 0.3) is 0 Å². The van der Waals surface area contributed by atoms with Gasteiger partial charge in [-0.25, -0.2) is 0 Å². The quantitative estimate of drug-likeness (QED) is 0.266. The lowest BCUT2D eigenvalue weighted by Crippen LogP contribution is -2.66. The maximum absolute atomic E-state index is 13.9. The van der Waals surface area contributed by atoms with E-state index in [1.165, 1.54) is 0 Å². The summed E-state index contributed by atoms with van der Waals surface area (Å²) in [6.45, 7) is -3.08. The molecule has 2 atom stereocenters. The van der Waals surface area contributed by atoms with Crippen LogP contribution in [0.3, 0.4) is 0 Å². The molecule has 1 N–H and O–H groups in total. The van der Waals surface area contributed by atoms with E-state index >= 15 is 0 Å². The molecule has 1 spiro atoms. The molecule has 6 nitrogen and oxygen atoms in total. The minimum atomic E-state index is -6.30. The average molecular weight is 546 g/mol. The van der Waals surface area contributed by atoms with E-state index in [0.29, 0.717) is 19.3 Å². The minimum absolute atomic E-state index is 0.104. The SMILES string of the molecule is O=S(=O)(O)C(F)(F)C(F)(F)CCCCOC12CC3CC(C1)C1(OCC(F)(F)C(F)(F)CO1)C(C3)C2. The highest BCUT2D eigenvalue weighted by atomic mass is 32.2. The summed E-state index contributed by atoms with van der Waals surface area (Å²) in [6.07, 6.45) is -0.0233. The number of halogens is 8. The highest BCUT2D eigenvalue weighted by molar-refractivity contribution is 7.87. The highest BCUT2D eigenvalue weighted by Gasteiger charge is 2.69. The first-order chi connectivity index (χ1) is 15.9. The van der Waals surface area contributed by atoms with Crippen LogP contribution < -0.4 is 0 Å². The van der Waals surface area contributed by atoms with Crippen LogP contribution >= 0.6 is 0 Å². The van der Waals surface area contributed by atoms with Crippen LogP contribution in [0.1, 0.15) is 51.4 Å². The third-order valence-corrected chi connectivity index (χ3v) is 8.75. The fraction of sp³-hybridized carbons (Fsp3) is 1.00. The summed E-state index contributed by atoms with van der Waals surface area (Å²) in [5.74, 6) is -16.2. The molecule has 5 fully saturated rings. The summed E-state index contributed by atoms with van der Waals surface area (Å²) in [4.78, 5) is 0. The number of hydrogen-bond acceptors (Lipinski definition) is 5. The molecule has 4 bridgehead atoms. The summed E-state index contributed by atoms with van der Waals surface area (Å²) >= 11 is 0. The maximum Gasteiger partial charge on any atom is 0.431 e. The van der Waals surface area contributed by atoms with E-state index in [9.17, 15) is 43.5 Å². The van der Waals surface area contributed by atoms with Gasteiger partial charge in [0.05, 0.1) is 5.60 Å². The molecule has 0 aromatic carbocycles. The van der Waals surface area contributed by atoms with Gasteiger partial charge in [0.1, 0.15) is 13.2 Å². The number of ether oxygens (including phenoxy) is 3. The highest BCUT2D eigenvalue weighted by Crippen LogP contribution is 2.63. The standard InChI is InChI=1S/C20H26F8O6S/c21-16(22,20(27,28)35(29,30)31)3-1-2-4-32-15-7-12-5-13(8-15)19(14(6-12)9-15)33-10-17(23,24)18(25,26)11-34-19/h12-14H,1-11H2,(H,29,30,31). The molecule has 204 valence electrons. The molecular weight excluding hydrogens is 520 g/mol. The molecule has 4 aliphatic carbocycles. The van der Waals surface area contributed by atoms with Crippen molar-refractivity contribution in [3.63, 3.8) is 0 Å². The maximum atomic E-state index is 13.9. The first-order valence-electron chi connectivity index (χ1n) is 11.3. The molecule has 1 saturated heterocycles. The van der Waals surface area contributed by atoms with Crippen molar-refractivity contribution in [1.82, 2.24) is 0 Å². The molecule has 0 aromatic rings. The third kappa shape index (κ3) is 4.46. The minimum Gasteiger partial charge on any atom is -0.375 e. The van der Waals surface area contributed by atoms with E-state index < -0.39 is 82.4 Å². The Morgan fingerprint density at radius 3 is 1.89 bits per heavy atom. The van der Waals surface area contributed by atoms with Gasteiger partial charge in [0.2, 0.25) is 0 Å². The van der Waals surface area contributed by atoms with Gasteiger partial charge in [-0.1, -0.05) is 0 Å². The van der Waals surface area contributed by atoms with Crippen LogP contribution in [0.5, 0.6) is 0 Å². The Kier molecular flexibility index (Phi) is 6.52. The molecule has 0 aromatic heterocycles. The van der Waals surface area contributed by atoms with Gasteiger partial charge >= 0.3 is 33.1 Å². The lowest BCUT2D eigenvalue weighted by Gasteiger charge is -2.63. The largest absolute Gasteiger partial charge is 0.431 e. The van der Waals surface area contributed by atoms with E-state index in [4.69, 9.17) is 18.8 Å². The Hall–Kier alpha value is -0.770. The predicted molar refractivity (Wildman–Crippen MR) is 102 cm³/mol. The lowest BCUT2D eigenvalue weighted by atomic mass is 9.51. The molecule has 0 radical (unpaired) electrons. The van der Waals surface area contributed by atoms with Gasteiger partial charge in [-0.2, -0.15) is 43.5 Å². The molecule has 5 rings (SSSR count). The fourth-order valence-electron chi connectivity index (χ4n) is 6.23. The number of unbranched alkanes of at least 4 members (excludes halogenated alkanes) is 1. The van der Waals surface area contributed by atoms with Crippen molar-refractivity contribution in [1.29, 1.82) is 0 Å². The molecule has 0 amide bonds. The smallest absolute Gasteiger partial charge is 0.375 e. The topological polar surface area (TPSA) is 82.1 Å². The van der Waals surface area contributed by atoms with Crippen LogP contribution in [0, 0.1) is 17.8 Å². The molecule has 2 unspecified atom stereocenters. The number of alkyl halides is 8. The van der Waals surface area contributed by atoms with Crippen LogP contribution in [-0.2, 0) is 24.3 Å². The molecule has 1 heterocycles. The molecule has 1 aliphatic heterocycles. The molecule has 35 heavy (non-hydrogen) atoms. The van der Waals surface area contributed by atoms with Crippen LogP contribution in [0.2, 0.25) is 0 Å². The van der Waals surface area contributed by atoms with Gasteiger partial charge in [-0.3, -0.25) is 4.55 Å². The fourth-order valence-corrected chi connectivity index (χ4v) is 6.71. The van der Waals surface area contributed by atoms with Gasteiger partial charge in [0, 0.05) is 24.9 Å². The van der Waals surface area contributed by atoms with Crippen molar-refractivity contribution in [3.05, 3.63) is 0 Å². The number of rotatable bonds is 8. The monoisotopic (exact) mass is 546 g/mol. The van der Waals surface area contributed by atoms with Gasteiger partial charge in [-0.15, -0.1) is 0 Å². The van der Waals surface area contributed by atoms with Crippen molar-refractivity contribution >= 4 is 10.1 Å². The molecule has 5 aliphatic rings. The normalized spacial score (nSPS) is 35.9. The Labute approximate surface area is 196 Å². The van der Waals surface area contributed by atoms with Crippen molar-refractivity contribution in [2.24, 2.45) is 17.8 Å². The Morgan fingerprint density at radius 1 is 0.886 bits per heavy atom. The van der Waals surface area contributed by atoms with E-state index in [1.54, 1.807) is 0 Å². The van der Waals surface area contributed by atoms with E-state index in [-0.39, 0.29) is 31.8 Å². The molecule has 15 heteroatoms. The predicted octanol–water partition coefficient (Wildman–Crippen LogP) is 4.88. The first kappa shape index (κ1) is 27.3. The zero-order valence-electron chi connectivity index (χ0n) is 18.4. The summed E-state index contributed by atoms with van der Waals surface area (Å²) in [5.41, 5.74) is -0.771. The van der Waals surface area contributed by atoms with Gasteiger partial charge in [-0.05, 0) is 50.9 Å². The number of hydrogen-bond donors (Lipinski definition) is 1. The van der Waals surface area contributed by atoms with Crippen LogP contribution in [0.15, 0.2) is 0 Å². The second-order valence-electron chi connectivity index (χ2n) is 10.2. The Balaban J connectivity index is 1.35. The Morgan fingerprint density at radius 2 is 1.40 bits per heavy atom. The lowest BCUT2D eigenvalue weighted by molar-refractivity contribution is -0.358. The van der Waals surface area contributed by atoms with Crippen molar-refractivity contribution < 1.29 is 62.3 Å².